The van der Waals surface area contributed by atoms with Gasteiger partial charge in [-0.2, -0.15) is 0 Å². The van der Waals surface area contributed by atoms with Crippen LogP contribution in [-0.4, -0.2) is 33.7 Å². The fourth-order valence-electron chi connectivity index (χ4n) is 3.53. The summed E-state index contributed by atoms with van der Waals surface area (Å²) in [4.78, 5) is 24.3. The number of amides is 1. The predicted octanol–water partition coefficient (Wildman–Crippen LogP) is 4.31. The van der Waals surface area contributed by atoms with E-state index in [1.54, 1.807) is 42.5 Å². The third kappa shape index (κ3) is 5.78. The van der Waals surface area contributed by atoms with Gasteiger partial charge in [-0.25, -0.2) is 13.2 Å². The number of carbonyl (C=O) groups excluding carboxylic acids is 2. The Balaban J connectivity index is 1.79. The second-order valence-corrected chi connectivity index (χ2v) is 9.64. The Morgan fingerprint density at radius 3 is 2.09 bits per heavy atom. The second kappa shape index (κ2) is 9.87. The van der Waals surface area contributed by atoms with E-state index in [-0.39, 0.29) is 12.5 Å². The number of carbonyl (C=O) groups is 2. The number of ether oxygens (including phenoxy) is 1. The number of sulfonamides is 1. The van der Waals surface area contributed by atoms with Crippen molar-refractivity contribution in [3.63, 3.8) is 0 Å². The molecule has 0 spiro atoms. The van der Waals surface area contributed by atoms with Crippen LogP contribution in [0.25, 0.3) is 0 Å². The van der Waals surface area contributed by atoms with Crippen molar-refractivity contribution in [3.8, 4) is 0 Å². The number of nitrogens with one attached hydrogen (secondary N) is 1. The van der Waals surface area contributed by atoms with E-state index in [9.17, 15) is 18.0 Å². The van der Waals surface area contributed by atoms with Gasteiger partial charge in [-0.15, -0.1) is 0 Å². The number of para-hydroxylation sites is 1. The zero-order valence-electron chi connectivity index (χ0n) is 19.0. The van der Waals surface area contributed by atoms with Crippen LogP contribution >= 0.6 is 0 Å². The summed E-state index contributed by atoms with van der Waals surface area (Å²) in [5.41, 5.74) is 4.33. The number of benzene rings is 3. The van der Waals surface area contributed by atoms with Crippen molar-refractivity contribution in [3.05, 3.63) is 94.5 Å². The molecule has 0 atom stereocenters. The minimum Gasteiger partial charge on any atom is -0.465 e. The maximum Gasteiger partial charge on any atom is 0.337 e. The van der Waals surface area contributed by atoms with Gasteiger partial charge in [0.1, 0.15) is 0 Å². The predicted molar refractivity (Wildman–Crippen MR) is 129 cm³/mol. The van der Waals surface area contributed by atoms with Crippen molar-refractivity contribution in [2.45, 2.75) is 20.4 Å². The fraction of sp³-hybridized carbons (Fsp3) is 0.200. The molecule has 0 aliphatic rings. The fourth-order valence-corrected chi connectivity index (χ4v) is 4.54. The average molecular weight is 467 g/mol. The van der Waals surface area contributed by atoms with Crippen LogP contribution in [0.1, 0.15) is 37.4 Å². The molecule has 3 aromatic carbocycles. The summed E-state index contributed by atoms with van der Waals surface area (Å²) in [5, 5.41) is 2.75. The van der Waals surface area contributed by atoms with Gasteiger partial charge in [-0.3, -0.25) is 9.10 Å². The van der Waals surface area contributed by atoms with Crippen LogP contribution in [-0.2, 0) is 21.3 Å². The van der Waals surface area contributed by atoms with Gasteiger partial charge in [-0.1, -0.05) is 36.4 Å². The monoisotopic (exact) mass is 466 g/mol. The Morgan fingerprint density at radius 2 is 1.52 bits per heavy atom. The van der Waals surface area contributed by atoms with Crippen LogP contribution in [0, 0.1) is 13.8 Å². The van der Waals surface area contributed by atoms with Crippen molar-refractivity contribution in [2.24, 2.45) is 0 Å². The molecule has 3 aromatic rings. The summed E-state index contributed by atoms with van der Waals surface area (Å²) in [5.74, 6) is -0.840. The quantitative estimate of drug-likeness (QED) is 0.524. The van der Waals surface area contributed by atoms with E-state index in [2.05, 4.69) is 5.32 Å². The number of methoxy groups -OCH3 is 1. The molecule has 0 aliphatic heterocycles. The van der Waals surface area contributed by atoms with Gasteiger partial charge in [0, 0.05) is 11.3 Å². The maximum atomic E-state index is 12.6. The highest BCUT2D eigenvalue weighted by molar-refractivity contribution is 7.92. The lowest BCUT2D eigenvalue weighted by Crippen LogP contribution is -2.30. The number of anilines is 2. The third-order valence-electron chi connectivity index (χ3n) is 5.17. The Hall–Kier alpha value is -3.65. The molecule has 0 unspecified atom stereocenters. The van der Waals surface area contributed by atoms with Gasteiger partial charge in [0.05, 0.1) is 31.2 Å². The molecule has 7 nitrogen and oxygen atoms in total. The van der Waals surface area contributed by atoms with Crippen molar-refractivity contribution in [2.75, 3.05) is 23.0 Å². The number of nitrogens with zero attached hydrogens (tertiary/aromatic N) is 1. The molecular formula is C25H26N2O5S. The van der Waals surface area contributed by atoms with Crippen molar-refractivity contribution >= 4 is 33.3 Å². The van der Waals surface area contributed by atoms with Crippen molar-refractivity contribution < 1.29 is 22.7 Å². The van der Waals surface area contributed by atoms with E-state index in [1.807, 2.05) is 32.0 Å². The maximum absolute atomic E-state index is 12.6. The third-order valence-corrected chi connectivity index (χ3v) is 6.29. The number of esters is 1. The molecular weight excluding hydrogens is 440 g/mol. The molecule has 0 heterocycles. The first-order valence-corrected chi connectivity index (χ1v) is 12.1. The van der Waals surface area contributed by atoms with Gasteiger partial charge in [-0.05, 0) is 60.9 Å². The summed E-state index contributed by atoms with van der Waals surface area (Å²) in [6.45, 7) is 3.90. The minimum atomic E-state index is -3.53. The molecule has 3 rings (SSSR count). The number of hydrogen-bond donors (Lipinski definition) is 1. The molecule has 172 valence electrons. The molecule has 0 radical (unpaired) electrons. The minimum absolute atomic E-state index is 0.146. The second-order valence-electron chi connectivity index (χ2n) is 7.73. The zero-order valence-corrected chi connectivity index (χ0v) is 19.8. The SMILES string of the molecule is COC(=O)c1cccc(NC(=O)c2ccc(CN(c3c(C)cccc3C)S(C)(=O)=O)cc2)c1. The summed E-state index contributed by atoms with van der Waals surface area (Å²) < 4.78 is 31.2. The Morgan fingerprint density at radius 1 is 0.909 bits per heavy atom. The van der Waals surface area contributed by atoms with Crippen molar-refractivity contribution in [1.82, 2.24) is 0 Å². The summed E-state index contributed by atoms with van der Waals surface area (Å²) in [6, 6.07) is 18.8. The Bertz CT molecular complexity index is 1260. The molecule has 1 N–H and O–H groups in total. The first-order chi connectivity index (χ1) is 15.6. The highest BCUT2D eigenvalue weighted by Gasteiger charge is 2.21. The van der Waals surface area contributed by atoms with Gasteiger partial charge in [0.25, 0.3) is 5.91 Å². The first-order valence-electron chi connectivity index (χ1n) is 10.2. The molecule has 0 saturated heterocycles. The van der Waals surface area contributed by atoms with Crippen LogP contribution in [0.4, 0.5) is 11.4 Å². The first kappa shape index (κ1) is 24.0. The largest absolute Gasteiger partial charge is 0.465 e. The average Bonchev–Trinajstić information content (AvgIpc) is 2.77. The molecule has 0 aliphatic carbocycles. The molecule has 0 saturated carbocycles. The van der Waals surface area contributed by atoms with Crippen LogP contribution in [0.3, 0.4) is 0 Å². The van der Waals surface area contributed by atoms with Crippen LogP contribution in [0.15, 0.2) is 66.7 Å². The van der Waals surface area contributed by atoms with Crippen LogP contribution in [0.2, 0.25) is 0 Å². The lowest BCUT2D eigenvalue weighted by Gasteiger charge is -2.26. The van der Waals surface area contributed by atoms with E-state index in [0.717, 1.165) is 16.7 Å². The number of aryl methyl sites for hydroxylation is 2. The zero-order chi connectivity index (χ0) is 24.2. The smallest absolute Gasteiger partial charge is 0.337 e. The molecule has 0 aromatic heterocycles. The topological polar surface area (TPSA) is 92.8 Å². The molecule has 1 amide bonds. The van der Waals surface area contributed by atoms with Crippen molar-refractivity contribution in [1.29, 1.82) is 0 Å². The van der Waals surface area contributed by atoms with E-state index >= 15 is 0 Å². The van der Waals surface area contributed by atoms with Gasteiger partial charge >= 0.3 is 5.97 Å². The summed E-state index contributed by atoms with van der Waals surface area (Å²) >= 11 is 0. The van der Waals surface area contributed by atoms with E-state index in [0.29, 0.717) is 22.5 Å². The summed E-state index contributed by atoms with van der Waals surface area (Å²) in [7, 11) is -2.23. The molecule has 33 heavy (non-hydrogen) atoms. The van der Waals surface area contributed by atoms with E-state index in [1.165, 1.54) is 23.7 Å². The molecule has 8 heteroatoms. The standard InChI is InChI=1S/C25H26N2O5S/c1-17-7-5-8-18(2)23(17)27(33(4,30)31)16-19-11-13-20(14-12-19)24(28)26-22-10-6-9-21(15-22)25(29)32-3/h5-15H,16H2,1-4H3,(H,26,28). The summed E-state index contributed by atoms with van der Waals surface area (Å²) in [6.07, 6.45) is 1.18. The van der Waals surface area contributed by atoms with Gasteiger partial charge in [0.2, 0.25) is 10.0 Å². The van der Waals surface area contributed by atoms with E-state index in [4.69, 9.17) is 4.74 Å². The Kier molecular flexibility index (Phi) is 7.18. The number of hydrogen-bond acceptors (Lipinski definition) is 5. The van der Waals surface area contributed by atoms with Crippen LogP contribution < -0.4 is 9.62 Å². The Labute approximate surface area is 194 Å². The van der Waals surface area contributed by atoms with Gasteiger partial charge in [0.15, 0.2) is 0 Å². The lowest BCUT2D eigenvalue weighted by atomic mass is 10.1. The highest BCUT2D eigenvalue weighted by atomic mass is 32.2. The van der Waals surface area contributed by atoms with Crippen LogP contribution in [0.5, 0.6) is 0 Å². The molecule has 0 fully saturated rings. The number of rotatable bonds is 7. The van der Waals surface area contributed by atoms with Gasteiger partial charge < -0.3 is 10.1 Å². The normalized spacial score (nSPS) is 11.0. The highest BCUT2D eigenvalue weighted by Crippen LogP contribution is 2.28. The van der Waals surface area contributed by atoms with E-state index < -0.39 is 16.0 Å². The molecule has 0 bridgehead atoms. The lowest BCUT2D eigenvalue weighted by molar-refractivity contribution is 0.0600.